The van der Waals surface area contributed by atoms with E-state index >= 15 is 0 Å². The van der Waals surface area contributed by atoms with E-state index in [-0.39, 0.29) is 18.6 Å². The maximum atomic E-state index is 12.1. The zero-order valence-electron chi connectivity index (χ0n) is 16.8. The second-order valence-corrected chi connectivity index (χ2v) is 7.83. The molecule has 3 unspecified atom stereocenters. The van der Waals surface area contributed by atoms with Gasteiger partial charge in [-0.15, -0.1) is 0 Å². The molecular formula is C20H27N3O7S. The Hall–Kier alpha value is -2.76. The van der Waals surface area contributed by atoms with Gasteiger partial charge >= 0.3 is 11.9 Å². The van der Waals surface area contributed by atoms with Gasteiger partial charge < -0.3 is 26.4 Å². The molecule has 0 fully saturated rings. The van der Waals surface area contributed by atoms with E-state index in [0.29, 0.717) is 24.8 Å². The summed E-state index contributed by atoms with van der Waals surface area (Å²) >= 11 is 1.21. The molecule has 0 aliphatic carbocycles. The number of carbonyl (C=O) groups excluding carboxylic acids is 2. The van der Waals surface area contributed by atoms with Gasteiger partial charge in [-0.05, 0) is 24.8 Å². The lowest BCUT2D eigenvalue weighted by Crippen LogP contribution is -2.43. The van der Waals surface area contributed by atoms with Crippen molar-refractivity contribution >= 4 is 41.7 Å². The Morgan fingerprint density at radius 2 is 1.77 bits per heavy atom. The van der Waals surface area contributed by atoms with Gasteiger partial charge in [0.2, 0.25) is 5.91 Å². The standard InChI is InChI=1S/C20H27N3O7S/c21-15(20(29)30)8-9-17(25)23-16(19(28)22-10-18(26)27)12-31-11-14(24)7-6-13-4-2-1-3-5-13/h1-5,10,14-16,24H,6-9,11-12,21H2,(H,23,25)(H,26,27)(H,29,30). The summed E-state index contributed by atoms with van der Waals surface area (Å²) in [4.78, 5) is 48.8. The monoisotopic (exact) mass is 453 g/mol. The summed E-state index contributed by atoms with van der Waals surface area (Å²) in [7, 11) is 0. The van der Waals surface area contributed by atoms with Crippen LogP contribution in [0.3, 0.4) is 0 Å². The Morgan fingerprint density at radius 1 is 1.10 bits per heavy atom. The Balaban J connectivity index is 2.54. The number of aliphatic hydroxyl groups excluding tert-OH is 1. The maximum Gasteiger partial charge on any atom is 0.347 e. The van der Waals surface area contributed by atoms with E-state index < -0.39 is 41.9 Å². The molecule has 11 heteroatoms. The van der Waals surface area contributed by atoms with Crippen LogP contribution in [0.2, 0.25) is 0 Å². The van der Waals surface area contributed by atoms with E-state index in [1.54, 1.807) is 0 Å². The van der Waals surface area contributed by atoms with Crippen molar-refractivity contribution in [1.29, 1.82) is 0 Å². The highest BCUT2D eigenvalue weighted by molar-refractivity contribution is 7.99. The zero-order chi connectivity index (χ0) is 23.2. The van der Waals surface area contributed by atoms with Gasteiger partial charge in [-0.1, -0.05) is 30.3 Å². The summed E-state index contributed by atoms with van der Waals surface area (Å²) in [5.74, 6) is -3.75. The molecule has 0 saturated carbocycles. The van der Waals surface area contributed by atoms with Crippen molar-refractivity contribution in [2.75, 3.05) is 11.5 Å². The average molecular weight is 454 g/mol. The quantitative estimate of drug-likeness (QED) is 0.244. The molecule has 31 heavy (non-hydrogen) atoms. The van der Waals surface area contributed by atoms with Crippen molar-refractivity contribution in [3.8, 4) is 0 Å². The number of hydrogen-bond acceptors (Lipinski definition) is 7. The summed E-state index contributed by atoms with van der Waals surface area (Å²) < 4.78 is 0. The fourth-order valence-corrected chi connectivity index (χ4v) is 3.48. The van der Waals surface area contributed by atoms with Crippen molar-refractivity contribution < 1.29 is 34.5 Å². The number of aliphatic hydroxyl groups is 1. The minimum Gasteiger partial charge on any atom is -0.480 e. The Kier molecular flexibility index (Phi) is 12.1. The van der Waals surface area contributed by atoms with E-state index in [1.165, 1.54) is 11.8 Å². The molecule has 0 bridgehead atoms. The largest absolute Gasteiger partial charge is 0.480 e. The molecule has 10 nitrogen and oxygen atoms in total. The molecule has 0 heterocycles. The average Bonchev–Trinajstić information content (AvgIpc) is 2.74. The van der Waals surface area contributed by atoms with Crippen LogP contribution in [0.25, 0.3) is 0 Å². The van der Waals surface area contributed by atoms with E-state index in [1.807, 2.05) is 30.3 Å². The third-order valence-electron chi connectivity index (χ3n) is 4.14. The molecule has 170 valence electrons. The predicted molar refractivity (Wildman–Crippen MR) is 116 cm³/mol. The highest BCUT2D eigenvalue weighted by Crippen LogP contribution is 2.12. The van der Waals surface area contributed by atoms with Gasteiger partial charge in [0.25, 0.3) is 5.91 Å². The smallest absolute Gasteiger partial charge is 0.347 e. The van der Waals surface area contributed by atoms with Gasteiger partial charge in [0.05, 0.1) is 6.10 Å². The van der Waals surface area contributed by atoms with Crippen LogP contribution < -0.4 is 11.1 Å². The number of nitrogens with one attached hydrogen (secondary N) is 1. The number of nitrogens with two attached hydrogens (primary N) is 1. The number of rotatable bonds is 14. The Morgan fingerprint density at radius 3 is 2.39 bits per heavy atom. The van der Waals surface area contributed by atoms with E-state index in [4.69, 9.17) is 15.9 Å². The van der Waals surface area contributed by atoms with Gasteiger partial charge in [-0.2, -0.15) is 11.8 Å². The fraction of sp³-hybridized carbons (Fsp3) is 0.450. The first-order valence-corrected chi connectivity index (χ1v) is 10.7. The molecule has 1 aromatic rings. The molecule has 2 amide bonds. The number of carbonyl (C=O) groups is 4. The molecule has 0 aliphatic rings. The van der Waals surface area contributed by atoms with Crippen LogP contribution in [0.4, 0.5) is 0 Å². The molecule has 0 spiro atoms. The predicted octanol–water partition coefficient (Wildman–Crippen LogP) is 0.0722. The molecule has 6 N–H and O–H groups in total. The normalized spacial score (nSPS) is 14.0. The van der Waals surface area contributed by atoms with Gasteiger partial charge in [-0.3, -0.25) is 14.4 Å². The first kappa shape index (κ1) is 26.3. The molecule has 0 aliphatic heterocycles. The molecule has 1 aromatic carbocycles. The first-order valence-electron chi connectivity index (χ1n) is 9.57. The highest BCUT2D eigenvalue weighted by atomic mass is 32.2. The molecule has 0 aromatic heterocycles. The summed E-state index contributed by atoms with van der Waals surface area (Å²) in [6.45, 7) is 0. The van der Waals surface area contributed by atoms with Crippen LogP contribution in [0.1, 0.15) is 24.8 Å². The lowest BCUT2D eigenvalue weighted by Gasteiger charge is -2.17. The van der Waals surface area contributed by atoms with Crippen LogP contribution in [0.5, 0.6) is 0 Å². The second-order valence-electron chi connectivity index (χ2n) is 6.75. The number of thioether (sulfide) groups is 1. The minimum atomic E-state index is -1.41. The summed E-state index contributed by atoms with van der Waals surface area (Å²) in [5, 5.41) is 30.0. The Bertz CT molecular complexity index is 773. The number of carboxylic acids is 2. The van der Waals surface area contributed by atoms with Gasteiger partial charge in [-0.25, -0.2) is 9.79 Å². The molecule has 0 radical (unpaired) electrons. The number of hydrogen-bond donors (Lipinski definition) is 5. The van der Waals surface area contributed by atoms with Crippen molar-refractivity contribution in [3.05, 3.63) is 35.9 Å². The minimum absolute atomic E-state index is 0.0644. The summed E-state index contributed by atoms with van der Waals surface area (Å²) in [5.41, 5.74) is 6.45. The number of amides is 2. The van der Waals surface area contributed by atoms with Crippen LogP contribution in [-0.4, -0.2) is 75.0 Å². The summed E-state index contributed by atoms with van der Waals surface area (Å²) in [6, 6.07) is 7.33. The lowest BCUT2D eigenvalue weighted by atomic mass is 10.1. The molecule has 3 atom stereocenters. The first-order chi connectivity index (χ1) is 14.7. The summed E-state index contributed by atoms with van der Waals surface area (Å²) in [6.07, 6.45) is 0.672. The van der Waals surface area contributed by atoms with Crippen LogP contribution in [-0.2, 0) is 25.6 Å². The van der Waals surface area contributed by atoms with Crippen molar-refractivity contribution in [2.24, 2.45) is 10.7 Å². The fourth-order valence-electron chi connectivity index (χ4n) is 2.44. The molecular weight excluding hydrogens is 426 g/mol. The number of aliphatic imine (C=N–C) groups is 1. The number of carboxylic acid groups (broad SMARTS) is 2. The van der Waals surface area contributed by atoms with Crippen LogP contribution in [0, 0.1) is 0 Å². The third-order valence-corrected chi connectivity index (χ3v) is 5.33. The third kappa shape index (κ3) is 11.9. The number of aryl methyl sites for hydroxylation is 1. The number of benzene rings is 1. The second kappa shape index (κ2) is 14.3. The molecule has 0 saturated heterocycles. The van der Waals surface area contributed by atoms with Crippen LogP contribution >= 0.6 is 11.8 Å². The molecule has 1 rings (SSSR count). The van der Waals surface area contributed by atoms with E-state index in [0.717, 1.165) is 5.56 Å². The van der Waals surface area contributed by atoms with Crippen molar-refractivity contribution in [2.45, 2.75) is 43.9 Å². The highest BCUT2D eigenvalue weighted by Gasteiger charge is 2.22. The SMILES string of the molecule is NC(CCC(=O)NC(CSCC(O)CCc1ccccc1)C(=O)N=CC(=O)O)C(=O)O. The topological polar surface area (TPSA) is 179 Å². The lowest BCUT2D eigenvalue weighted by molar-refractivity contribution is -0.139. The van der Waals surface area contributed by atoms with E-state index in [2.05, 4.69) is 10.3 Å². The van der Waals surface area contributed by atoms with Crippen molar-refractivity contribution in [3.63, 3.8) is 0 Å². The Labute approximate surface area is 183 Å². The number of nitrogens with zero attached hydrogens (tertiary/aromatic N) is 1. The maximum absolute atomic E-state index is 12.1. The van der Waals surface area contributed by atoms with Gasteiger partial charge in [0.1, 0.15) is 18.3 Å². The van der Waals surface area contributed by atoms with Crippen molar-refractivity contribution in [1.82, 2.24) is 5.32 Å². The number of aliphatic carboxylic acids is 2. The zero-order valence-corrected chi connectivity index (χ0v) is 17.7. The van der Waals surface area contributed by atoms with Gasteiger partial charge in [0, 0.05) is 17.9 Å². The van der Waals surface area contributed by atoms with Gasteiger partial charge in [0.15, 0.2) is 0 Å². The van der Waals surface area contributed by atoms with E-state index in [9.17, 15) is 24.3 Å². The van der Waals surface area contributed by atoms with Crippen LogP contribution in [0.15, 0.2) is 35.3 Å².